The Labute approximate surface area is 144 Å². The van der Waals surface area contributed by atoms with Crippen molar-refractivity contribution in [2.45, 2.75) is 31.3 Å². The van der Waals surface area contributed by atoms with Crippen LogP contribution in [0.15, 0.2) is 48.8 Å². The van der Waals surface area contributed by atoms with E-state index in [0.29, 0.717) is 5.69 Å². The van der Waals surface area contributed by atoms with E-state index in [1.54, 1.807) is 12.3 Å². The van der Waals surface area contributed by atoms with Gasteiger partial charge >= 0.3 is 0 Å². The molecule has 1 amide bonds. The molecule has 2 aromatic heterocycles. The highest BCUT2D eigenvalue weighted by molar-refractivity contribution is 5.93. The van der Waals surface area contributed by atoms with Gasteiger partial charge in [-0.25, -0.2) is 9.97 Å². The number of fused-ring (bicyclic) bond motifs is 4. The third-order valence-electron chi connectivity index (χ3n) is 5.19. The van der Waals surface area contributed by atoms with Crippen molar-refractivity contribution >= 4 is 5.91 Å². The van der Waals surface area contributed by atoms with E-state index in [1.807, 2.05) is 41.4 Å². The molecule has 4 heterocycles. The number of hydrogen-bond acceptors (Lipinski definition) is 4. The first-order valence-corrected chi connectivity index (χ1v) is 8.54. The number of hydrogen-bond donors (Lipinski definition) is 1. The van der Waals surface area contributed by atoms with Crippen LogP contribution in [0.3, 0.4) is 0 Å². The van der Waals surface area contributed by atoms with Crippen LogP contribution in [0.25, 0.3) is 11.4 Å². The summed E-state index contributed by atoms with van der Waals surface area (Å²) in [6, 6.07) is 12.0. The predicted molar refractivity (Wildman–Crippen MR) is 91.7 cm³/mol. The smallest absolute Gasteiger partial charge is 0.272 e. The molecule has 2 unspecified atom stereocenters. The van der Waals surface area contributed by atoms with E-state index >= 15 is 0 Å². The molecular weight excluding hydrogens is 314 g/mol. The lowest BCUT2D eigenvalue weighted by Gasteiger charge is -2.35. The molecular formula is C19H17N5O. The Morgan fingerprint density at radius 2 is 2.04 bits per heavy atom. The highest BCUT2D eigenvalue weighted by atomic mass is 16.2. The number of H-pyrrole nitrogens is 1. The van der Waals surface area contributed by atoms with Crippen molar-refractivity contribution in [3.05, 3.63) is 65.7 Å². The average Bonchev–Trinajstić information content (AvgIpc) is 3.29. The molecule has 5 rings (SSSR count). The molecule has 25 heavy (non-hydrogen) atoms. The summed E-state index contributed by atoms with van der Waals surface area (Å²) >= 11 is 0. The number of benzene rings is 1. The van der Waals surface area contributed by atoms with Crippen LogP contribution in [0.1, 0.15) is 40.6 Å². The van der Waals surface area contributed by atoms with Gasteiger partial charge in [-0.3, -0.25) is 9.89 Å². The van der Waals surface area contributed by atoms with Crippen molar-refractivity contribution in [2.75, 3.05) is 0 Å². The minimum absolute atomic E-state index is 0.0165. The number of aromatic amines is 1. The second kappa shape index (κ2) is 5.51. The molecule has 2 bridgehead atoms. The maximum absolute atomic E-state index is 12.8. The number of rotatable bonds is 2. The molecule has 124 valence electrons. The van der Waals surface area contributed by atoms with Gasteiger partial charge in [0.1, 0.15) is 5.69 Å². The molecule has 2 atom stereocenters. The molecule has 3 aromatic rings. The number of carbonyl (C=O) groups is 1. The molecule has 1 fully saturated rings. The first kappa shape index (κ1) is 14.3. The summed E-state index contributed by atoms with van der Waals surface area (Å²) in [5.74, 6) is 0.773. The fourth-order valence-electron chi connectivity index (χ4n) is 4.03. The summed E-state index contributed by atoms with van der Waals surface area (Å²) < 4.78 is 0. The normalized spacial score (nSPS) is 21.2. The van der Waals surface area contributed by atoms with Gasteiger partial charge in [-0.15, -0.1) is 0 Å². The monoisotopic (exact) mass is 331 g/mol. The molecule has 0 spiro atoms. The molecule has 1 aromatic carbocycles. The Morgan fingerprint density at radius 1 is 1.16 bits per heavy atom. The summed E-state index contributed by atoms with van der Waals surface area (Å²) in [6.45, 7) is 0. The molecule has 2 aliphatic rings. The van der Waals surface area contributed by atoms with E-state index in [2.05, 4.69) is 15.2 Å². The van der Waals surface area contributed by atoms with Crippen LogP contribution in [-0.4, -0.2) is 37.0 Å². The summed E-state index contributed by atoms with van der Waals surface area (Å²) in [5.41, 5.74) is 3.73. The number of aromatic nitrogens is 4. The van der Waals surface area contributed by atoms with Crippen LogP contribution in [0.5, 0.6) is 0 Å². The molecule has 6 heteroatoms. The van der Waals surface area contributed by atoms with Gasteiger partial charge in [-0.2, -0.15) is 5.10 Å². The van der Waals surface area contributed by atoms with Crippen LogP contribution in [-0.2, 0) is 6.42 Å². The standard InChI is InChI=1S/C19H17N5O/c25-19(15-8-9-21-23-15)24-13-6-7-17(24)14-11-20-18(22-16(14)10-13)12-4-2-1-3-5-12/h1-5,8-9,11,13,17H,6-7,10H2,(H,21,23). The van der Waals surface area contributed by atoms with Crippen molar-refractivity contribution in [3.63, 3.8) is 0 Å². The van der Waals surface area contributed by atoms with E-state index < -0.39 is 0 Å². The van der Waals surface area contributed by atoms with E-state index in [1.165, 1.54) is 0 Å². The third-order valence-corrected chi connectivity index (χ3v) is 5.19. The molecule has 1 N–H and O–H groups in total. The summed E-state index contributed by atoms with van der Waals surface area (Å²) in [7, 11) is 0. The molecule has 6 nitrogen and oxygen atoms in total. The summed E-state index contributed by atoms with van der Waals surface area (Å²) in [4.78, 5) is 24.2. The molecule has 0 aliphatic carbocycles. The van der Waals surface area contributed by atoms with Crippen LogP contribution in [0, 0.1) is 0 Å². The summed E-state index contributed by atoms with van der Waals surface area (Å²) in [6.07, 6.45) is 6.27. The zero-order valence-corrected chi connectivity index (χ0v) is 13.6. The van der Waals surface area contributed by atoms with Crippen LogP contribution >= 0.6 is 0 Å². The highest BCUT2D eigenvalue weighted by Crippen LogP contribution is 2.43. The SMILES string of the molecule is O=C(c1ccn[nH]1)N1C2CCC1c1cnc(-c3ccccc3)nc1C2. The third kappa shape index (κ3) is 2.25. The van der Waals surface area contributed by atoms with Gasteiger partial charge in [0.25, 0.3) is 5.91 Å². The zero-order valence-electron chi connectivity index (χ0n) is 13.6. The van der Waals surface area contributed by atoms with E-state index in [9.17, 15) is 4.79 Å². The van der Waals surface area contributed by atoms with Crippen LogP contribution in [0.4, 0.5) is 0 Å². The quantitative estimate of drug-likeness (QED) is 0.783. The van der Waals surface area contributed by atoms with E-state index in [0.717, 1.165) is 41.9 Å². The van der Waals surface area contributed by atoms with E-state index in [-0.39, 0.29) is 18.0 Å². The molecule has 1 saturated heterocycles. The Kier molecular flexibility index (Phi) is 3.16. The molecule has 0 saturated carbocycles. The lowest BCUT2D eigenvalue weighted by Crippen LogP contribution is -2.42. The number of nitrogens with one attached hydrogen (secondary N) is 1. The topological polar surface area (TPSA) is 74.8 Å². The van der Waals surface area contributed by atoms with E-state index in [4.69, 9.17) is 4.98 Å². The van der Waals surface area contributed by atoms with Crippen molar-refractivity contribution in [1.29, 1.82) is 0 Å². The maximum atomic E-state index is 12.8. The number of carbonyl (C=O) groups excluding carboxylic acids is 1. The maximum Gasteiger partial charge on any atom is 0.272 e. The fourth-order valence-corrected chi connectivity index (χ4v) is 4.03. The van der Waals surface area contributed by atoms with Crippen molar-refractivity contribution in [1.82, 2.24) is 25.1 Å². The minimum Gasteiger partial charge on any atom is -0.327 e. The van der Waals surface area contributed by atoms with Gasteiger partial charge in [0.2, 0.25) is 0 Å². The van der Waals surface area contributed by atoms with Crippen molar-refractivity contribution in [3.8, 4) is 11.4 Å². The fraction of sp³-hybridized carbons (Fsp3) is 0.263. The Morgan fingerprint density at radius 3 is 2.84 bits per heavy atom. The lowest BCUT2D eigenvalue weighted by atomic mass is 9.98. The predicted octanol–water partition coefficient (Wildman–Crippen LogP) is 2.77. The largest absolute Gasteiger partial charge is 0.327 e. The molecule has 2 aliphatic heterocycles. The van der Waals surface area contributed by atoms with Gasteiger partial charge in [0.15, 0.2) is 5.82 Å². The van der Waals surface area contributed by atoms with Crippen LogP contribution in [0.2, 0.25) is 0 Å². The van der Waals surface area contributed by atoms with Crippen LogP contribution < -0.4 is 0 Å². The van der Waals surface area contributed by atoms with Gasteiger partial charge in [-0.1, -0.05) is 30.3 Å². The van der Waals surface area contributed by atoms with Gasteiger partial charge in [0.05, 0.1) is 11.7 Å². The number of nitrogens with zero attached hydrogens (tertiary/aromatic N) is 4. The first-order chi connectivity index (χ1) is 12.3. The number of amides is 1. The minimum atomic E-state index is 0.0165. The van der Waals surface area contributed by atoms with Crippen molar-refractivity contribution < 1.29 is 4.79 Å². The average molecular weight is 331 g/mol. The van der Waals surface area contributed by atoms with Gasteiger partial charge < -0.3 is 4.90 Å². The first-order valence-electron chi connectivity index (χ1n) is 8.54. The zero-order chi connectivity index (χ0) is 16.8. The van der Waals surface area contributed by atoms with Crippen molar-refractivity contribution in [2.24, 2.45) is 0 Å². The Hall–Kier alpha value is -3.02. The van der Waals surface area contributed by atoms with Gasteiger partial charge in [0, 0.05) is 36.0 Å². The lowest BCUT2D eigenvalue weighted by molar-refractivity contribution is 0.0637. The Bertz CT molecular complexity index is 922. The second-order valence-electron chi connectivity index (χ2n) is 6.60. The second-order valence-corrected chi connectivity index (χ2v) is 6.60. The Balaban J connectivity index is 1.52. The highest BCUT2D eigenvalue weighted by Gasteiger charge is 2.44. The van der Waals surface area contributed by atoms with Gasteiger partial charge in [-0.05, 0) is 18.9 Å². The summed E-state index contributed by atoms with van der Waals surface area (Å²) in [5, 5.41) is 6.69. The molecule has 0 radical (unpaired) electrons.